The molecule has 5 heteroatoms. The third-order valence-electron chi connectivity index (χ3n) is 3.79. The summed E-state index contributed by atoms with van der Waals surface area (Å²) in [6, 6.07) is 0. The van der Waals surface area contributed by atoms with Gasteiger partial charge in [0.2, 0.25) is 0 Å². The quantitative estimate of drug-likeness (QED) is 0.628. The highest BCUT2D eigenvalue weighted by molar-refractivity contribution is 6.11. The fraction of sp³-hybridized carbons (Fsp3) is 0.600. The summed E-state index contributed by atoms with van der Waals surface area (Å²) in [6.45, 7) is 7.81. The molecule has 0 aromatic carbocycles. The number of hydrogen-bond donors (Lipinski definition) is 1. The fourth-order valence-corrected chi connectivity index (χ4v) is 2.81. The molecule has 1 N–H and O–H groups in total. The Balaban J connectivity index is 2.37. The lowest BCUT2D eigenvalue weighted by Crippen LogP contribution is -2.57. The molecule has 0 fully saturated rings. The van der Waals surface area contributed by atoms with E-state index in [0.717, 1.165) is 37.0 Å². The molecule has 0 aromatic rings. The predicted molar refractivity (Wildman–Crippen MR) is 73.8 cm³/mol. The van der Waals surface area contributed by atoms with Gasteiger partial charge in [-0.2, -0.15) is 0 Å². The van der Waals surface area contributed by atoms with Crippen LogP contribution in [0.15, 0.2) is 23.4 Å². The minimum atomic E-state index is -1.58. The van der Waals surface area contributed by atoms with Crippen molar-refractivity contribution in [1.82, 2.24) is 5.32 Å². The second-order valence-corrected chi connectivity index (χ2v) is 4.96. The van der Waals surface area contributed by atoms with Crippen LogP contribution in [0.25, 0.3) is 0 Å². The number of nitrogens with one attached hydrogen (secondary N) is 1. The maximum absolute atomic E-state index is 12.4. The molecule has 0 unspecified atom stereocenters. The Morgan fingerprint density at radius 3 is 2.20 bits per heavy atom. The lowest BCUT2D eigenvalue weighted by Gasteiger charge is -2.27. The zero-order valence-corrected chi connectivity index (χ0v) is 12.1. The Kier molecular flexibility index (Phi) is 4.16. The molecule has 0 spiro atoms. The van der Waals surface area contributed by atoms with Gasteiger partial charge in [0, 0.05) is 5.70 Å². The van der Waals surface area contributed by atoms with E-state index in [2.05, 4.69) is 11.9 Å². The minimum Gasteiger partial charge on any atom is -0.464 e. The topological polar surface area (TPSA) is 64.6 Å². The molecule has 2 rings (SSSR count). The van der Waals surface area contributed by atoms with Crippen molar-refractivity contribution in [3.63, 3.8) is 0 Å². The van der Waals surface area contributed by atoms with Crippen LogP contribution in [0, 0.1) is 0 Å². The van der Waals surface area contributed by atoms with E-state index in [9.17, 15) is 9.59 Å². The fourth-order valence-electron chi connectivity index (χ4n) is 2.81. The van der Waals surface area contributed by atoms with Crippen LogP contribution in [0.5, 0.6) is 0 Å². The molecule has 0 amide bonds. The van der Waals surface area contributed by atoms with Crippen LogP contribution in [0.3, 0.4) is 0 Å². The molecule has 5 nitrogen and oxygen atoms in total. The molecule has 110 valence electrons. The lowest BCUT2D eigenvalue weighted by atomic mass is 9.86. The molecule has 0 aromatic heterocycles. The first-order valence-corrected chi connectivity index (χ1v) is 7.12. The van der Waals surface area contributed by atoms with E-state index in [1.807, 2.05) is 0 Å². The molecule has 2 aliphatic rings. The summed E-state index contributed by atoms with van der Waals surface area (Å²) in [5.74, 6) is -1.25. The first kappa shape index (κ1) is 14.6. The van der Waals surface area contributed by atoms with Crippen LogP contribution in [-0.2, 0) is 19.1 Å². The van der Waals surface area contributed by atoms with Crippen molar-refractivity contribution >= 4 is 11.9 Å². The van der Waals surface area contributed by atoms with Gasteiger partial charge in [0.25, 0.3) is 5.54 Å². The van der Waals surface area contributed by atoms with Gasteiger partial charge in [-0.1, -0.05) is 6.58 Å². The first-order chi connectivity index (χ1) is 9.57. The third kappa shape index (κ3) is 2.11. The summed E-state index contributed by atoms with van der Waals surface area (Å²) in [7, 11) is 0. The number of ether oxygens (including phenoxy) is 2. The highest BCUT2D eigenvalue weighted by atomic mass is 16.6. The van der Waals surface area contributed by atoms with Crippen molar-refractivity contribution in [1.29, 1.82) is 0 Å². The van der Waals surface area contributed by atoms with Gasteiger partial charge in [-0.25, -0.2) is 9.59 Å². The van der Waals surface area contributed by atoms with Crippen molar-refractivity contribution < 1.29 is 19.1 Å². The van der Waals surface area contributed by atoms with E-state index in [1.165, 1.54) is 0 Å². The molecular weight excluding hydrogens is 258 g/mol. The van der Waals surface area contributed by atoms with Gasteiger partial charge in [0.05, 0.1) is 13.2 Å². The van der Waals surface area contributed by atoms with Crippen LogP contribution in [0.4, 0.5) is 0 Å². The maximum Gasteiger partial charge on any atom is 0.348 e. The summed E-state index contributed by atoms with van der Waals surface area (Å²) in [4.78, 5) is 24.7. The first-order valence-electron chi connectivity index (χ1n) is 7.12. The lowest BCUT2D eigenvalue weighted by molar-refractivity contribution is -0.162. The van der Waals surface area contributed by atoms with E-state index in [0.29, 0.717) is 5.57 Å². The van der Waals surface area contributed by atoms with Crippen LogP contribution >= 0.6 is 0 Å². The number of esters is 2. The van der Waals surface area contributed by atoms with Crippen molar-refractivity contribution in [3.05, 3.63) is 23.4 Å². The number of carbonyl (C=O) groups is 2. The highest BCUT2D eigenvalue weighted by Gasteiger charge is 2.56. The van der Waals surface area contributed by atoms with E-state index < -0.39 is 17.5 Å². The number of carbonyl (C=O) groups excluding carboxylic acids is 2. The summed E-state index contributed by atoms with van der Waals surface area (Å²) >= 11 is 0. The van der Waals surface area contributed by atoms with Crippen LogP contribution in [0.1, 0.15) is 39.5 Å². The SMILES string of the molecule is C=C1C2=C(CCCC2)NC1(C(=O)OCC)C(=O)OCC. The Bertz CT molecular complexity index is 460. The summed E-state index contributed by atoms with van der Waals surface area (Å²) in [6.07, 6.45) is 3.75. The van der Waals surface area contributed by atoms with Gasteiger partial charge in [-0.15, -0.1) is 0 Å². The molecular formula is C15H21NO4. The zero-order chi connectivity index (χ0) is 14.8. The molecule has 0 saturated carbocycles. The normalized spacial score (nSPS) is 20.2. The van der Waals surface area contributed by atoms with Crippen LogP contribution in [0.2, 0.25) is 0 Å². The Morgan fingerprint density at radius 2 is 1.70 bits per heavy atom. The van der Waals surface area contributed by atoms with Crippen LogP contribution < -0.4 is 5.32 Å². The van der Waals surface area contributed by atoms with Gasteiger partial charge in [0.1, 0.15) is 0 Å². The van der Waals surface area contributed by atoms with Gasteiger partial charge < -0.3 is 14.8 Å². The Labute approximate surface area is 119 Å². The van der Waals surface area contributed by atoms with E-state index in [-0.39, 0.29) is 13.2 Å². The monoisotopic (exact) mass is 279 g/mol. The van der Waals surface area contributed by atoms with Crippen molar-refractivity contribution in [2.75, 3.05) is 13.2 Å². The van der Waals surface area contributed by atoms with Gasteiger partial charge in [-0.05, 0) is 50.7 Å². The molecule has 1 heterocycles. The smallest absolute Gasteiger partial charge is 0.348 e. The largest absolute Gasteiger partial charge is 0.464 e. The van der Waals surface area contributed by atoms with E-state index in [1.54, 1.807) is 13.8 Å². The average Bonchev–Trinajstić information content (AvgIpc) is 2.74. The standard InChI is InChI=1S/C15H21NO4/c1-4-19-13(17)15(14(18)20-5-2)10(3)11-8-6-7-9-12(11)16-15/h16H,3-9H2,1-2H3. The summed E-state index contributed by atoms with van der Waals surface area (Å²) < 4.78 is 10.2. The number of hydrogen-bond acceptors (Lipinski definition) is 5. The maximum atomic E-state index is 12.4. The van der Waals surface area contributed by atoms with Gasteiger partial charge >= 0.3 is 11.9 Å². The predicted octanol–water partition coefficient (Wildman–Crippen LogP) is 1.84. The van der Waals surface area contributed by atoms with Crippen molar-refractivity contribution in [2.45, 2.75) is 45.1 Å². The molecule has 0 radical (unpaired) electrons. The van der Waals surface area contributed by atoms with Crippen LogP contribution in [-0.4, -0.2) is 30.7 Å². The number of rotatable bonds is 4. The van der Waals surface area contributed by atoms with Crippen molar-refractivity contribution in [2.24, 2.45) is 0 Å². The second-order valence-electron chi connectivity index (χ2n) is 4.96. The average molecular weight is 279 g/mol. The highest BCUT2D eigenvalue weighted by Crippen LogP contribution is 2.41. The number of allylic oxidation sites excluding steroid dienone is 1. The molecule has 0 atom stereocenters. The second kappa shape index (κ2) is 5.69. The van der Waals surface area contributed by atoms with E-state index >= 15 is 0 Å². The molecule has 1 aliphatic carbocycles. The summed E-state index contributed by atoms with van der Waals surface area (Å²) in [5.41, 5.74) is 0.824. The molecule has 1 aliphatic heterocycles. The molecule has 20 heavy (non-hydrogen) atoms. The Morgan fingerprint density at radius 1 is 1.15 bits per heavy atom. The molecule has 0 saturated heterocycles. The van der Waals surface area contributed by atoms with Gasteiger partial charge in [-0.3, -0.25) is 0 Å². The minimum absolute atomic E-state index is 0.208. The zero-order valence-electron chi connectivity index (χ0n) is 12.1. The van der Waals surface area contributed by atoms with Gasteiger partial charge in [0.15, 0.2) is 0 Å². The summed E-state index contributed by atoms with van der Waals surface area (Å²) in [5, 5.41) is 3.06. The molecule has 0 bridgehead atoms. The van der Waals surface area contributed by atoms with E-state index in [4.69, 9.17) is 9.47 Å². The van der Waals surface area contributed by atoms with Crippen molar-refractivity contribution in [3.8, 4) is 0 Å². The Hall–Kier alpha value is -1.78. The third-order valence-corrected chi connectivity index (χ3v) is 3.79.